The lowest BCUT2D eigenvalue weighted by molar-refractivity contribution is 0.0926. The van der Waals surface area contributed by atoms with Gasteiger partial charge in [0.1, 0.15) is 11.3 Å². The Hall–Kier alpha value is -1.95. The molecule has 0 saturated heterocycles. The molecule has 1 unspecified atom stereocenters. The number of amides is 1. The molecule has 2 heterocycles. The molecule has 0 aliphatic heterocycles. The van der Waals surface area contributed by atoms with Crippen LogP contribution in [0.3, 0.4) is 0 Å². The molecule has 0 spiro atoms. The van der Waals surface area contributed by atoms with Crippen LogP contribution in [0.25, 0.3) is 0 Å². The Bertz CT molecular complexity index is 866. The van der Waals surface area contributed by atoms with E-state index < -0.39 is 5.63 Å². The number of nitrogens with one attached hydrogen (secondary N) is 1. The highest BCUT2D eigenvalue weighted by Gasteiger charge is 2.27. The van der Waals surface area contributed by atoms with Crippen LogP contribution in [0.4, 0.5) is 0 Å². The van der Waals surface area contributed by atoms with Crippen LogP contribution in [0.5, 0.6) is 0 Å². The zero-order valence-electron chi connectivity index (χ0n) is 15.8. The van der Waals surface area contributed by atoms with Crippen molar-refractivity contribution in [1.29, 1.82) is 0 Å². The summed E-state index contributed by atoms with van der Waals surface area (Å²) in [7, 11) is 0. The fraction of sp³-hybridized carbons (Fsp3) is 0.550. The van der Waals surface area contributed by atoms with Gasteiger partial charge in [-0.25, -0.2) is 9.78 Å². The fourth-order valence-electron chi connectivity index (χ4n) is 3.41. The molecule has 26 heavy (non-hydrogen) atoms. The predicted molar refractivity (Wildman–Crippen MR) is 103 cm³/mol. The van der Waals surface area contributed by atoms with Gasteiger partial charge in [-0.2, -0.15) is 0 Å². The summed E-state index contributed by atoms with van der Waals surface area (Å²) in [6.07, 6.45) is 4.53. The van der Waals surface area contributed by atoms with E-state index in [9.17, 15) is 9.59 Å². The van der Waals surface area contributed by atoms with Crippen molar-refractivity contribution < 1.29 is 9.21 Å². The molecule has 1 atom stereocenters. The average molecular weight is 375 g/mol. The molecule has 1 N–H and O–H groups in total. The number of carbonyl (C=O) groups is 1. The quantitative estimate of drug-likeness (QED) is 0.855. The standard InChI is InChI=1S/C20H26N2O3S/c1-11(2)8-9-14-10-12(3)17(20(24)25-14)19(23)22-15-6-5-7-16-18(15)21-13(4)26-16/h10-11,15H,5-9H2,1-4H3,(H,22,23). The van der Waals surface area contributed by atoms with Gasteiger partial charge in [-0.3, -0.25) is 4.79 Å². The van der Waals surface area contributed by atoms with Crippen LogP contribution in [-0.2, 0) is 12.8 Å². The summed E-state index contributed by atoms with van der Waals surface area (Å²) in [5.74, 6) is 0.814. The smallest absolute Gasteiger partial charge is 0.349 e. The van der Waals surface area contributed by atoms with Crippen molar-refractivity contribution in [1.82, 2.24) is 10.3 Å². The van der Waals surface area contributed by atoms with E-state index in [1.54, 1.807) is 18.3 Å². The number of aryl methyl sites for hydroxylation is 4. The first-order valence-electron chi connectivity index (χ1n) is 9.25. The van der Waals surface area contributed by atoms with E-state index >= 15 is 0 Å². The molecule has 0 bridgehead atoms. The maximum atomic E-state index is 12.8. The minimum atomic E-state index is -0.549. The van der Waals surface area contributed by atoms with Crippen LogP contribution >= 0.6 is 11.3 Å². The van der Waals surface area contributed by atoms with Crippen LogP contribution in [0.2, 0.25) is 0 Å². The summed E-state index contributed by atoms with van der Waals surface area (Å²) in [4.78, 5) is 31.0. The topological polar surface area (TPSA) is 72.2 Å². The Morgan fingerprint density at radius 3 is 2.88 bits per heavy atom. The molecule has 0 fully saturated rings. The lowest BCUT2D eigenvalue weighted by Crippen LogP contribution is -2.34. The summed E-state index contributed by atoms with van der Waals surface area (Å²) in [6, 6.07) is 1.69. The van der Waals surface area contributed by atoms with E-state index in [1.165, 1.54) is 4.88 Å². The van der Waals surface area contributed by atoms with Crippen molar-refractivity contribution >= 4 is 17.2 Å². The number of hydrogen-bond donors (Lipinski definition) is 1. The lowest BCUT2D eigenvalue weighted by Gasteiger charge is -2.22. The summed E-state index contributed by atoms with van der Waals surface area (Å²) in [5.41, 5.74) is 1.19. The summed E-state index contributed by atoms with van der Waals surface area (Å²) in [6.45, 7) is 8.04. The van der Waals surface area contributed by atoms with Gasteiger partial charge in [-0.05, 0) is 57.1 Å². The number of rotatable bonds is 5. The molecular weight excluding hydrogens is 348 g/mol. The number of fused-ring (bicyclic) bond motifs is 1. The molecule has 2 aromatic rings. The van der Waals surface area contributed by atoms with E-state index in [-0.39, 0.29) is 17.5 Å². The Labute approximate surface area is 157 Å². The highest BCUT2D eigenvalue weighted by Crippen LogP contribution is 2.33. The summed E-state index contributed by atoms with van der Waals surface area (Å²) >= 11 is 1.69. The zero-order chi connectivity index (χ0) is 18.8. The molecule has 0 aromatic carbocycles. The van der Waals surface area contributed by atoms with Crippen LogP contribution in [0.15, 0.2) is 15.3 Å². The second-order valence-corrected chi connectivity index (χ2v) is 8.74. The normalized spacial score (nSPS) is 16.6. The third-order valence-corrected chi connectivity index (χ3v) is 5.81. The highest BCUT2D eigenvalue weighted by molar-refractivity contribution is 7.11. The van der Waals surface area contributed by atoms with E-state index in [0.29, 0.717) is 23.7 Å². The average Bonchev–Trinajstić information content (AvgIpc) is 2.93. The molecule has 0 radical (unpaired) electrons. The maximum absolute atomic E-state index is 12.8. The van der Waals surface area contributed by atoms with Crippen LogP contribution in [-0.4, -0.2) is 10.9 Å². The molecule has 140 valence electrons. The fourth-order valence-corrected chi connectivity index (χ4v) is 4.45. The van der Waals surface area contributed by atoms with Gasteiger partial charge in [0.15, 0.2) is 0 Å². The minimum Gasteiger partial charge on any atom is -0.427 e. The highest BCUT2D eigenvalue weighted by atomic mass is 32.1. The van der Waals surface area contributed by atoms with Gasteiger partial charge in [-0.15, -0.1) is 11.3 Å². The van der Waals surface area contributed by atoms with Crippen molar-refractivity contribution in [3.05, 3.63) is 49.0 Å². The SMILES string of the molecule is Cc1nc2c(s1)CCCC2NC(=O)c1c(C)cc(CCC(C)C)oc1=O. The first-order chi connectivity index (χ1) is 12.3. The van der Waals surface area contributed by atoms with Gasteiger partial charge in [0.25, 0.3) is 5.91 Å². The van der Waals surface area contributed by atoms with Gasteiger partial charge in [-0.1, -0.05) is 13.8 Å². The third-order valence-electron chi connectivity index (χ3n) is 4.76. The molecule has 5 nitrogen and oxygen atoms in total. The van der Waals surface area contributed by atoms with Crippen molar-refractivity contribution in [2.24, 2.45) is 5.92 Å². The van der Waals surface area contributed by atoms with Crippen molar-refractivity contribution in [3.63, 3.8) is 0 Å². The first kappa shape index (κ1) is 18.8. The van der Waals surface area contributed by atoms with Gasteiger partial charge in [0, 0.05) is 11.3 Å². The molecule has 1 amide bonds. The van der Waals surface area contributed by atoms with Gasteiger partial charge in [0.05, 0.1) is 16.7 Å². The molecule has 0 saturated carbocycles. The Kier molecular flexibility index (Phi) is 5.61. The minimum absolute atomic E-state index is 0.109. The monoisotopic (exact) mass is 374 g/mol. The zero-order valence-corrected chi connectivity index (χ0v) is 16.7. The van der Waals surface area contributed by atoms with Crippen molar-refractivity contribution in [2.45, 2.75) is 65.8 Å². The van der Waals surface area contributed by atoms with Gasteiger partial charge < -0.3 is 9.73 Å². The second-order valence-electron chi connectivity index (χ2n) is 7.45. The van der Waals surface area contributed by atoms with Crippen LogP contribution < -0.4 is 10.9 Å². The van der Waals surface area contributed by atoms with Gasteiger partial charge >= 0.3 is 5.63 Å². The largest absolute Gasteiger partial charge is 0.427 e. The van der Waals surface area contributed by atoms with Crippen LogP contribution in [0, 0.1) is 19.8 Å². The van der Waals surface area contributed by atoms with Crippen LogP contribution in [0.1, 0.15) is 76.4 Å². The maximum Gasteiger partial charge on any atom is 0.349 e. The first-order valence-corrected chi connectivity index (χ1v) is 10.1. The Morgan fingerprint density at radius 2 is 2.19 bits per heavy atom. The van der Waals surface area contributed by atoms with Crippen molar-refractivity contribution in [2.75, 3.05) is 0 Å². The number of nitrogens with zero attached hydrogens (tertiary/aromatic N) is 1. The van der Waals surface area contributed by atoms with E-state index in [1.807, 2.05) is 13.0 Å². The van der Waals surface area contributed by atoms with E-state index in [2.05, 4.69) is 24.1 Å². The molecule has 6 heteroatoms. The summed E-state index contributed by atoms with van der Waals surface area (Å²) < 4.78 is 5.39. The predicted octanol–water partition coefficient (Wildman–Crippen LogP) is 4.11. The second kappa shape index (κ2) is 7.74. The lowest BCUT2D eigenvalue weighted by atomic mass is 9.97. The number of carbonyl (C=O) groups excluding carboxylic acids is 1. The van der Waals surface area contributed by atoms with Crippen molar-refractivity contribution in [3.8, 4) is 0 Å². The Balaban J connectivity index is 1.79. The number of thiazole rings is 1. The van der Waals surface area contributed by atoms with E-state index in [4.69, 9.17) is 4.42 Å². The third kappa shape index (κ3) is 4.06. The Morgan fingerprint density at radius 1 is 1.42 bits per heavy atom. The molecule has 3 rings (SSSR count). The van der Waals surface area contributed by atoms with E-state index in [0.717, 1.165) is 36.4 Å². The molecule has 2 aromatic heterocycles. The molecule has 1 aliphatic carbocycles. The van der Waals surface area contributed by atoms with Gasteiger partial charge in [0.2, 0.25) is 0 Å². The summed E-state index contributed by atoms with van der Waals surface area (Å²) in [5, 5.41) is 4.02. The molecular formula is C20H26N2O3S. The number of hydrogen-bond acceptors (Lipinski definition) is 5. The number of aromatic nitrogens is 1. The molecule has 1 aliphatic rings.